The van der Waals surface area contributed by atoms with Gasteiger partial charge in [0.15, 0.2) is 5.78 Å². The molecule has 0 spiro atoms. The van der Waals surface area contributed by atoms with E-state index in [9.17, 15) is 9.59 Å². The van der Waals surface area contributed by atoms with Crippen LogP contribution in [0.25, 0.3) is 22.2 Å². The predicted octanol–water partition coefficient (Wildman–Crippen LogP) is 6.20. The van der Waals surface area contributed by atoms with Crippen LogP contribution in [-0.4, -0.2) is 64.0 Å². The fourth-order valence-corrected chi connectivity index (χ4v) is 6.47. The lowest BCUT2D eigenvalue weighted by atomic mass is 9.86. The van der Waals surface area contributed by atoms with E-state index in [4.69, 9.17) is 21.3 Å². The largest absolute Gasteiger partial charge is 0.484 e. The zero-order valence-corrected chi connectivity index (χ0v) is 26.1. The minimum atomic E-state index is -1.07. The summed E-state index contributed by atoms with van der Waals surface area (Å²) in [6.07, 6.45) is 1.66. The van der Waals surface area contributed by atoms with Crippen molar-refractivity contribution in [1.29, 1.82) is 0 Å². The Balaban J connectivity index is 1.33. The molecule has 5 aromatic rings. The standard InChI is InChI=1S/C35H33ClN6O3/c1-35(2)31(30(43)26-9-5-7-11-29(26)45-35)42-32-22(20-27(33(42)44)25-8-4-6-10-28(25)36)21-37-34(39-32)38-23-12-14-24(15-13-23)41-18-16-40(3)17-19-41/h4-15,20-21,31H,16-19H2,1-3H3,(H,37,38,39). The predicted molar refractivity (Wildman–Crippen MR) is 178 cm³/mol. The molecule has 7 rings (SSSR count). The van der Waals surface area contributed by atoms with Gasteiger partial charge in [0.2, 0.25) is 5.95 Å². The first-order chi connectivity index (χ1) is 21.7. The number of pyridine rings is 1. The summed E-state index contributed by atoms with van der Waals surface area (Å²) in [5.74, 6) is 0.561. The minimum absolute atomic E-state index is 0.228. The number of hydrogen-bond donors (Lipinski definition) is 1. The van der Waals surface area contributed by atoms with E-state index in [-0.39, 0.29) is 5.78 Å². The second-order valence-electron chi connectivity index (χ2n) is 12.1. The third-order valence-electron chi connectivity index (χ3n) is 8.62. The quantitative estimate of drug-likeness (QED) is 0.248. The Hall–Kier alpha value is -4.73. The first-order valence-electron chi connectivity index (χ1n) is 15.0. The second-order valence-corrected chi connectivity index (χ2v) is 12.5. The molecule has 0 bridgehead atoms. The SMILES string of the molecule is CN1CCN(c2ccc(Nc3ncc4cc(-c5ccccc5Cl)c(=O)n(C5C(=O)c6ccccc6OC5(C)C)c4n3)cc2)CC1. The normalized spacial score (nSPS) is 18.0. The molecule has 10 heteroatoms. The van der Waals surface area contributed by atoms with Gasteiger partial charge in [-0.05, 0) is 69.4 Å². The number of ether oxygens (including phenoxy) is 1. The van der Waals surface area contributed by atoms with Crippen LogP contribution in [0.2, 0.25) is 5.02 Å². The van der Waals surface area contributed by atoms with Crippen molar-refractivity contribution < 1.29 is 9.53 Å². The number of rotatable bonds is 5. The maximum atomic E-state index is 14.5. The number of fused-ring (bicyclic) bond motifs is 2. The third kappa shape index (κ3) is 5.32. The molecule has 45 heavy (non-hydrogen) atoms. The first kappa shape index (κ1) is 29.0. The van der Waals surface area contributed by atoms with Gasteiger partial charge in [-0.3, -0.25) is 14.2 Å². The number of halogens is 1. The number of likely N-dealkylation sites (N-methyl/N-ethyl adjacent to an activating group) is 1. The van der Waals surface area contributed by atoms with Gasteiger partial charge >= 0.3 is 0 Å². The number of Topliss-reactive ketones (excluding diaryl/α,β-unsaturated/α-hetero) is 1. The number of benzene rings is 3. The summed E-state index contributed by atoms with van der Waals surface area (Å²) in [4.78, 5) is 42.7. The Bertz CT molecular complexity index is 1980. The Labute approximate surface area is 266 Å². The van der Waals surface area contributed by atoms with Gasteiger partial charge in [0.05, 0.1) is 5.56 Å². The van der Waals surface area contributed by atoms with E-state index in [1.165, 1.54) is 4.57 Å². The fraction of sp³-hybridized carbons (Fsp3) is 0.257. The van der Waals surface area contributed by atoms with Crippen LogP contribution in [0.4, 0.5) is 17.3 Å². The van der Waals surface area contributed by atoms with Crippen molar-refractivity contribution in [3.63, 3.8) is 0 Å². The number of carbonyl (C=O) groups is 1. The number of anilines is 3. The molecule has 1 fully saturated rings. The summed E-state index contributed by atoms with van der Waals surface area (Å²) in [6, 6.07) is 23.1. The van der Waals surface area contributed by atoms with Crippen molar-refractivity contribution >= 4 is 45.7 Å². The third-order valence-corrected chi connectivity index (χ3v) is 8.95. The maximum absolute atomic E-state index is 14.5. The van der Waals surface area contributed by atoms with Crippen molar-refractivity contribution in [3.8, 4) is 16.9 Å². The lowest BCUT2D eigenvalue weighted by Crippen LogP contribution is -2.50. The van der Waals surface area contributed by atoms with Gasteiger partial charge in [-0.25, -0.2) is 4.98 Å². The summed E-state index contributed by atoms with van der Waals surface area (Å²) >= 11 is 6.57. The van der Waals surface area contributed by atoms with Crippen LogP contribution in [0.5, 0.6) is 5.75 Å². The monoisotopic (exact) mass is 620 g/mol. The molecule has 9 nitrogen and oxygen atoms in total. The van der Waals surface area contributed by atoms with Crippen LogP contribution in [-0.2, 0) is 0 Å². The average molecular weight is 621 g/mol. The van der Waals surface area contributed by atoms with E-state index in [1.807, 2.05) is 44.2 Å². The van der Waals surface area contributed by atoms with Crippen molar-refractivity contribution in [3.05, 3.63) is 106 Å². The molecule has 0 saturated carbocycles. The number of nitrogens with one attached hydrogen (secondary N) is 1. The van der Waals surface area contributed by atoms with Gasteiger partial charge in [-0.15, -0.1) is 0 Å². The smallest absolute Gasteiger partial charge is 0.260 e. The molecular weight excluding hydrogens is 588 g/mol. The molecule has 228 valence electrons. The van der Waals surface area contributed by atoms with Crippen LogP contribution in [0.3, 0.4) is 0 Å². The van der Waals surface area contributed by atoms with Gasteiger partial charge in [0.1, 0.15) is 23.0 Å². The van der Waals surface area contributed by atoms with Crippen LogP contribution in [0.1, 0.15) is 30.2 Å². The lowest BCUT2D eigenvalue weighted by molar-refractivity contribution is 0.0305. The molecule has 3 aromatic carbocycles. The highest BCUT2D eigenvalue weighted by molar-refractivity contribution is 6.33. The van der Waals surface area contributed by atoms with Crippen LogP contribution < -0.4 is 20.5 Å². The number of para-hydroxylation sites is 1. The Morgan fingerprint density at radius 1 is 0.889 bits per heavy atom. The summed E-state index contributed by atoms with van der Waals surface area (Å²) in [5, 5.41) is 4.30. The van der Waals surface area contributed by atoms with Gasteiger partial charge in [-0.2, -0.15) is 4.98 Å². The Morgan fingerprint density at radius 3 is 2.31 bits per heavy atom. The average Bonchev–Trinajstić information content (AvgIpc) is 3.03. The molecule has 0 aliphatic carbocycles. The molecule has 1 atom stereocenters. The zero-order chi connectivity index (χ0) is 31.3. The second kappa shape index (κ2) is 11.3. The summed E-state index contributed by atoms with van der Waals surface area (Å²) in [6.45, 7) is 7.65. The van der Waals surface area contributed by atoms with E-state index in [0.29, 0.717) is 44.4 Å². The van der Waals surface area contributed by atoms with Gasteiger partial charge < -0.3 is 19.9 Å². The molecule has 1 unspecified atom stereocenters. The molecule has 0 radical (unpaired) electrons. The number of nitrogens with zero attached hydrogens (tertiary/aromatic N) is 5. The minimum Gasteiger partial charge on any atom is -0.484 e. The number of hydrogen-bond acceptors (Lipinski definition) is 8. The van der Waals surface area contributed by atoms with Crippen molar-refractivity contribution in [2.75, 3.05) is 43.4 Å². The molecule has 2 aliphatic heterocycles. The molecule has 2 aromatic heterocycles. The van der Waals surface area contributed by atoms with E-state index in [1.54, 1.807) is 42.6 Å². The number of ketones is 1. The van der Waals surface area contributed by atoms with Crippen molar-refractivity contribution in [1.82, 2.24) is 19.4 Å². The zero-order valence-electron chi connectivity index (χ0n) is 25.3. The number of carbonyl (C=O) groups excluding carboxylic acids is 1. The molecule has 4 heterocycles. The molecule has 1 N–H and O–H groups in total. The fourth-order valence-electron chi connectivity index (χ4n) is 6.23. The topological polar surface area (TPSA) is 92.6 Å². The van der Waals surface area contributed by atoms with Gasteiger partial charge in [0, 0.05) is 65.3 Å². The first-order valence-corrected chi connectivity index (χ1v) is 15.4. The number of piperazine rings is 1. The van der Waals surface area contributed by atoms with Crippen LogP contribution in [0, 0.1) is 0 Å². The Kier molecular flexibility index (Phi) is 7.30. The summed E-state index contributed by atoms with van der Waals surface area (Å²) in [5.41, 5.74) is 2.14. The van der Waals surface area contributed by atoms with E-state index in [0.717, 1.165) is 37.6 Å². The van der Waals surface area contributed by atoms with Crippen molar-refractivity contribution in [2.24, 2.45) is 0 Å². The summed E-state index contributed by atoms with van der Waals surface area (Å²) < 4.78 is 7.80. The van der Waals surface area contributed by atoms with Crippen molar-refractivity contribution in [2.45, 2.75) is 25.5 Å². The van der Waals surface area contributed by atoms with Gasteiger partial charge in [-0.1, -0.05) is 41.9 Å². The molecule has 2 aliphatic rings. The molecule has 0 amide bonds. The van der Waals surface area contributed by atoms with Crippen LogP contribution in [0.15, 0.2) is 89.9 Å². The maximum Gasteiger partial charge on any atom is 0.260 e. The van der Waals surface area contributed by atoms with E-state index >= 15 is 0 Å². The van der Waals surface area contributed by atoms with E-state index < -0.39 is 17.2 Å². The lowest BCUT2D eigenvalue weighted by Gasteiger charge is -2.39. The summed E-state index contributed by atoms with van der Waals surface area (Å²) in [7, 11) is 2.14. The highest BCUT2D eigenvalue weighted by atomic mass is 35.5. The number of aromatic nitrogens is 3. The van der Waals surface area contributed by atoms with E-state index in [2.05, 4.69) is 39.3 Å². The highest BCUT2D eigenvalue weighted by Crippen LogP contribution is 2.40. The molecule has 1 saturated heterocycles. The van der Waals surface area contributed by atoms with Crippen LogP contribution >= 0.6 is 11.6 Å². The Morgan fingerprint density at radius 2 is 1.58 bits per heavy atom. The highest BCUT2D eigenvalue weighted by Gasteiger charge is 2.46. The molecular formula is C35H33ClN6O3. The van der Waals surface area contributed by atoms with Gasteiger partial charge in [0.25, 0.3) is 5.56 Å².